The van der Waals surface area contributed by atoms with E-state index in [-0.39, 0.29) is 5.82 Å². The van der Waals surface area contributed by atoms with Crippen LogP contribution in [0.25, 0.3) is 23.0 Å². The highest BCUT2D eigenvalue weighted by atomic mass is 19.1. The normalized spacial score (nSPS) is 10.9. The molecule has 0 aliphatic heterocycles. The third-order valence-electron chi connectivity index (χ3n) is 3.45. The average Bonchev–Trinajstić information content (AvgIpc) is 3.25. The van der Waals surface area contributed by atoms with E-state index in [1.165, 1.54) is 12.1 Å². The maximum absolute atomic E-state index is 13.2. The van der Waals surface area contributed by atoms with Crippen molar-refractivity contribution in [3.05, 3.63) is 72.2 Å². The SMILES string of the molecule is Fc1cccc(Cn2cc(-c3noc(-c4ccccc4)n3)nn2)c1. The molecule has 24 heavy (non-hydrogen) atoms. The van der Waals surface area contributed by atoms with Crippen LogP contribution in [0.5, 0.6) is 0 Å². The number of benzene rings is 2. The van der Waals surface area contributed by atoms with Crippen molar-refractivity contribution in [3.63, 3.8) is 0 Å². The monoisotopic (exact) mass is 321 g/mol. The maximum atomic E-state index is 13.2. The molecule has 0 radical (unpaired) electrons. The summed E-state index contributed by atoms with van der Waals surface area (Å²) >= 11 is 0. The van der Waals surface area contributed by atoms with Gasteiger partial charge < -0.3 is 4.52 Å². The Morgan fingerprint density at radius 3 is 2.75 bits per heavy atom. The Morgan fingerprint density at radius 1 is 1.04 bits per heavy atom. The standard InChI is InChI=1S/C17H12FN5O/c18-14-8-4-5-12(9-14)10-23-11-15(20-22-23)16-19-17(24-21-16)13-6-2-1-3-7-13/h1-9,11H,10H2. The number of hydrogen-bond donors (Lipinski definition) is 0. The molecule has 0 bridgehead atoms. The van der Waals surface area contributed by atoms with Crippen molar-refractivity contribution in [1.29, 1.82) is 0 Å². The highest BCUT2D eigenvalue weighted by Crippen LogP contribution is 2.20. The first-order valence-corrected chi connectivity index (χ1v) is 7.32. The summed E-state index contributed by atoms with van der Waals surface area (Å²) in [5, 5.41) is 12.0. The van der Waals surface area contributed by atoms with E-state index in [1.807, 2.05) is 36.4 Å². The summed E-state index contributed by atoms with van der Waals surface area (Å²) in [7, 11) is 0. The smallest absolute Gasteiger partial charge is 0.258 e. The fraction of sp³-hybridized carbons (Fsp3) is 0.0588. The molecule has 0 N–H and O–H groups in total. The lowest BCUT2D eigenvalue weighted by Gasteiger charge is -2.00. The van der Waals surface area contributed by atoms with E-state index in [0.29, 0.717) is 24.0 Å². The van der Waals surface area contributed by atoms with Gasteiger partial charge in [-0.25, -0.2) is 9.07 Å². The largest absolute Gasteiger partial charge is 0.334 e. The molecule has 0 fully saturated rings. The molecule has 4 rings (SSSR count). The zero-order chi connectivity index (χ0) is 16.4. The fourth-order valence-corrected chi connectivity index (χ4v) is 2.33. The van der Waals surface area contributed by atoms with Gasteiger partial charge in [0.05, 0.1) is 12.7 Å². The average molecular weight is 321 g/mol. The molecule has 0 amide bonds. The summed E-state index contributed by atoms with van der Waals surface area (Å²) in [5.74, 6) is 0.503. The summed E-state index contributed by atoms with van der Waals surface area (Å²) in [6.07, 6.45) is 1.70. The van der Waals surface area contributed by atoms with Gasteiger partial charge in [-0.15, -0.1) is 5.10 Å². The van der Waals surface area contributed by atoms with Crippen molar-refractivity contribution in [1.82, 2.24) is 25.1 Å². The Balaban J connectivity index is 1.56. The number of halogens is 1. The van der Waals surface area contributed by atoms with Crippen LogP contribution in [0.1, 0.15) is 5.56 Å². The molecule has 7 heteroatoms. The van der Waals surface area contributed by atoms with E-state index in [1.54, 1.807) is 16.9 Å². The van der Waals surface area contributed by atoms with Crippen LogP contribution in [-0.4, -0.2) is 25.1 Å². The van der Waals surface area contributed by atoms with Crippen LogP contribution in [0.3, 0.4) is 0 Å². The minimum atomic E-state index is -0.279. The number of hydrogen-bond acceptors (Lipinski definition) is 5. The van der Waals surface area contributed by atoms with Crippen LogP contribution in [-0.2, 0) is 6.54 Å². The van der Waals surface area contributed by atoms with E-state index in [4.69, 9.17) is 4.52 Å². The highest BCUT2D eigenvalue weighted by molar-refractivity contribution is 5.56. The Hall–Kier alpha value is -3.35. The molecule has 0 spiro atoms. The first-order valence-electron chi connectivity index (χ1n) is 7.32. The van der Waals surface area contributed by atoms with Crippen LogP contribution in [0, 0.1) is 5.82 Å². The molecule has 118 valence electrons. The molecule has 0 atom stereocenters. The number of rotatable bonds is 4. The summed E-state index contributed by atoms with van der Waals surface area (Å²) < 4.78 is 20.1. The van der Waals surface area contributed by atoms with Gasteiger partial charge in [-0.2, -0.15) is 4.98 Å². The predicted octanol–water partition coefficient (Wildman–Crippen LogP) is 3.18. The second kappa shape index (κ2) is 6.04. The van der Waals surface area contributed by atoms with Crippen LogP contribution in [0.2, 0.25) is 0 Å². The topological polar surface area (TPSA) is 69.6 Å². The van der Waals surface area contributed by atoms with Gasteiger partial charge in [-0.1, -0.05) is 40.7 Å². The molecule has 4 aromatic rings. The molecule has 2 aromatic heterocycles. The van der Waals surface area contributed by atoms with Crippen molar-refractivity contribution in [2.45, 2.75) is 6.54 Å². The molecule has 2 heterocycles. The van der Waals surface area contributed by atoms with E-state index < -0.39 is 0 Å². The predicted molar refractivity (Wildman–Crippen MR) is 84.3 cm³/mol. The molecular weight excluding hydrogens is 309 g/mol. The van der Waals surface area contributed by atoms with E-state index in [2.05, 4.69) is 20.5 Å². The first kappa shape index (κ1) is 14.3. The minimum Gasteiger partial charge on any atom is -0.334 e. The lowest BCUT2D eigenvalue weighted by molar-refractivity contribution is 0.432. The van der Waals surface area contributed by atoms with Gasteiger partial charge in [-0.3, -0.25) is 0 Å². The van der Waals surface area contributed by atoms with Gasteiger partial charge in [-0.05, 0) is 29.8 Å². The summed E-state index contributed by atoms with van der Waals surface area (Å²) in [4.78, 5) is 4.33. The van der Waals surface area contributed by atoms with Gasteiger partial charge >= 0.3 is 0 Å². The lowest BCUT2D eigenvalue weighted by atomic mass is 10.2. The van der Waals surface area contributed by atoms with E-state index in [0.717, 1.165) is 11.1 Å². The van der Waals surface area contributed by atoms with Crippen molar-refractivity contribution in [2.75, 3.05) is 0 Å². The van der Waals surface area contributed by atoms with E-state index in [9.17, 15) is 4.39 Å². The molecule has 0 aliphatic rings. The van der Waals surface area contributed by atoms with Crippen LogP contribution in [0.4, 0.5) is 4.39 Å². The van der Waals surface area contributed by atoms with Crippen LogP contribution < -0.4 is 0 Å². The Labute approximate surface area is 136 Å². The molecule has 0 saturated heterocycles. The van der Waals surface area contributed by atoms with Crippen LogP contribution >= 0.6 is 0 Å². The highest BCUT2D eigenvalue weighted by Gasteiger charge is 2.13. The number of nitrogens with zero attached hydrogens (tertiary/aromatic N) is 5. The third kappa shape index (κ3) is 2.91. The number of aromatic nitrogens is 5. The van der Waals surface area contributed by atoms with Gasteiger partial charge in [0.15, 0.2) is 5.69 Å². The Kier molecular flexibility index (Phi) is 3.59. The molecule has 0 unspecified atom stereocenters. The van der Waals surface area contributed by atoms with Gasteiger partial charge in [0.25, 0.3) is 5.89 Å². The third-order valence-corrected chi connectivity index (χ3v) is 3.45. The summed E-state index contributed by atoms with van der Waals surface area (Å²) in [6, 6.07) is 15.8. The molecular formula is C17H12FN5O. The van der Waals surface area contributed by atoms with Gasteiger partial charge in [0, 0.05) is 5.56 Å². The Bertz CT molecular complexity index is 964. The Morgan fingerprint density at radius 2 is 1.92 bits per heavy atom. The zero-order valence-electron chi connectivity index (χ0n) is 12.5. The zero-order valence-corrected chi connectivity index (χ0v) is 12.5. The van der Waals surface area contributed by atoms with Crippen molar-refractivity contribution >= 4 is 0 Å². The molecule has 2 aromatic carbocycles. The van der Waals surface area contributed by atoms with Crippen molar-refractivity contribution in [2.24, 2.45) is 0 Å². The molecule has 0 aliphatic carbocycles. The van der Waals surface area contributed by atoms with Gasteiger partial charge in [0.2, 0.25) is 5.82 Å². The summed E-state index contributed by atoms with van der Waals surface area (Å²) in [5.41, 5.74) is 2.13. The second-order valence-corrected chi connectivity index (χ2v) is 5.22. The van der Waals surface area contributed by atoms with Crippen LogP contribution in [0.15, 0.2) is 65.3 Å². The first-order chi connectivity index (χ1) is 11.8. The minimum absolute atomic E-state index is 0.279. The van der Waals surface area contributed by atoms with Gasteiger partial charge in [0.1, 0.15) is 5.82 Å². The van der Waals surface area contributed by atoms with Crippen molar-refractivity contribution in [3.8, 4) is 23.0 Å². The molecule has 0 saturated carbocycles. The maximum Gasteiger partial charge on any atom is 0.258 e. The lowest BCUT2D eigenvalue weighted by Crippen LogP contribution is -2.00. The molecule has 6 nitrogen and oxygen atoms in total. The quantitative estimate of drug-likeness (QED) is 0.577. The van der Waals surface area contributed by atoms with Crippen molar-refractivity contribution < 1.29 is 8.91 Å². The fourth-order valence-electron chi connectivity index (χ4n) is 2.33. The summed E-state index contributed by atoms with van der Waals surface area (Å²) in [6.45, 7) is 0.411. The van der Waals surface area contributed by atoms with E-state index >= 15 is 0 Å². The second-order valence-electron chi connectivity index (χ2n) is 5.22.